The van der Waals surface area contributed by atoms with E-state index in [1.54, 1.807) is 13.1 Å². The van der Waals surface area contributed by atoms with Gasteiger partial charge in [-0.2, -0.15) is 4.31 Å². The van der Waals surface area contributed by atoms with Crippen molar-refractivity contribution in [2.75, 3.05) is 33.2 Å². The summed E-state index contributed by atoms with van der Waals surface area (Å²) in [5.74, 6) is 1.24. The zero-order chi connectivity index (χ0) is 21.7. The Labute approximate surface area is 203 Å². The molecule has 3 aromatic rings. The maximum atomic E-state index is 12.6. The third-order valence-electron chi connectivity index (χ3n) is 5.01. The Balaban J connectivity index is 0.00000289. The summed E-state index contributed by atoms with van der Waals surface area (Å²) >= 11 is 0. The molecule has 1 fully saturated rings. The summed E-state index contributed by atoms with van der Waals surface area (Å²) in [7, 11) is -1.74. The molecule has 0 spiro atoms. The number of hydrogen-bond donors (Lipinski definition) is 1. The third kappa shape index (κ3) is 5.86. The van der Waals surface area contributed by atoms with Gasteiger partial charge in [-0.05, 0) is 0 Å². The third-order valence-corrected chi connectivity index (χ3v) is 6.82. The predicted molar refractivity (Wildman–Crippen MR) is 130 cm³/mol. The van der Waals surface area contributed by atoms with E-state index in [0.717, 1.165) is 11.3 Å². The summed E-state index contributed by atoms with van der Waals surface area (Å²) in [5, 5.41) is 11.1. The summed E-state index contributed by atoms with van der Waals surface area (Å²) in [4.78, 5) is 6.35. The SMILES string of the molecule is CN=C(NCc1cc(-c2ccccc2)on1)N1CCN(S(=O)(=O)Cc2ccon2)CC1.I. The normalized spacial score (nSPS) is 15.4. The monoisotopic (exact) mass is 572 g/mol. The molecule has 172 valence electrons. The molecule has 12 heteroatoms. The van der Waals surface area contributed by atoms with Gasteiger partial charge in [0.05, 0.1) is 12.2 Å². The lowest BCUT2D eigenvalue weighted by atomic mass is 10.2. The molecule has 0 saturated carbocycles. The van der Waals surface area contributed by atoms with Crippen molar-refractivity contribution < 1.29 is 17.5 Å². The average Bonchev–Trinajstić information content (AvgIpc) is 3.47. The lowest BCUT2D eigenvalue weighted by molar-refractivity contribution is 0.259. The molecule has 4 rings (SSSR count). The number of nitrogens with one attached hydrogen (secondary N) is 1. The second-order valence-corrected chi connectivity index (χ2v) is 9.05. The van der Waals surface area contributed by atoms with Gasteiger partial charge in [-0.15, -0.1) is 24.0 Å². The highest BCUT2D eigenvalue weighted by atomic mass is 127. The first-order valence-corrected chi connectivity index (χ1v) is 11.5. The summed E-state index contributed by atoms with van der Waals surface area (Å²) in [6, 6.07) is 13.2. The molecule has 1 saturated heterocycles. The fourth-order valence-electron chi connectivity index (χ4n) is 3.40. The van der Waals surface area contributed by atoms with Gasteiger partial charge in [0.1, 0.15) is 17.7 Å². The van der Waals surface area contributed by atoms with Crippen LogP contribution in [0.3, 0.4) is 0 Å². The van der Waals surface area contributed by atoms with Gasteiger partial charge in [-0.3, -0.25) is 4.99 Å². The minimum absolute atomic E-state index is 0. The molecule has 0 bridgehead atoms. The number of piperazine rings is 1. The van der Waals surface area contributed by atoms with Crippen LogP contribution in [0.5, 0.6) is 0 Å². The Morgan fingerprint density at radius 2 is 1.84 bits per heavy atom. The van der Waals surface area contributed by atoms with Crippen LogP contribution in [0.25, 0.3) is 11.3 Å². The van der Waals surface area contributed by atoms with Crippen molar-refractivity contribution in [1.29, 1.82) is 0 Å². The van der Waals surface area contributed by atoms with Crippen molar-refractivity contribution >= 4 is 40.0 Å². The van der Waals surface area contributed by atoms with Crippen molar-refractivity contribution in [3.8, 4) is 11.3 Å². The van der Waals surface area contributed by atoms with Gasteiger partial charge in [0.15, 0.2) is 11.7 Å². The fourth-order valence-corrected chi connectivity index (χ4v) is 4.83. The van der Waals surface area contributed by atoms with Crippen molar-refractivity contribution in [3.05, 3.63) is 60.1 Å². The van der Waals surface area contributed by atoms with Crippen molar-refractivity contribution in [3.63, 3.8) is 0 Å². The lowest BCUT2D eigenvalue weighted by Crippen LogP contribution is -2.53. The molecule has 0 amide bonds. The Hall–Kier alpha value is -2.45. The number of sulfonamides is 1. The molecule has 0 atom stereocenters. The van der Waals surface area contributed by atoms with Gasteiger partial charge >= 0.3 is 0 Å². The van der Waals surface area contributed by atoms with Gasteiger partial charge in [-0.25, -0.2) is 8.42 Å². The Bertz CT molecular complexity index is 1110. The molecular formula is C20H25IN6O4S. The topological polar surface area (TPSA) is 117 Å². The number of halogens is 1. The zero-order valence-corrected chi connectivity index (χ0v) is 20.7. The van der Waals surface area contributed by atoms with Crippen LogP contribution in [0, 0.1) is 0 Å². The van der Waals surface area contributed by atoms with E-state index in [2.05, 4.69) is 20.6 Å². The number of rotatable bonds is 6. The van der Waals surface area contributed by atoms with E-state index in [-0.39, 0.29) is 29.7 Å². The van der Waals surface area contributed by atoms with Crippen LogP contribution in [-0.4, -0.2) is 67.1 Å². The zero-order valence-electron chi connectivity index (χ0n) is 17.5. The highest BCUT2D eigenvalue weighted by Crippen LogP contribution is 2.19. The summed E-state index contributed by atoms with van der Waals surface area (Å²) < 4.78 is 36.8. The Kier molecular flexibility index (Phi) is 8.26. The standard InChI is InChI=1S/C20H24N6O4S.HI/c1-21-20(22-14-18-13-19(30-24-18)16-5-3-2-4-6-16)25-8-10-26(11-9-25)31(27,28)15-17-7-12-29-23-17;/h2-7,12-13H,8-11,14-15H2,1H3,(H,21,22);1H. The Morgan fingerprint density at radius 3 is 2.50 bits per heavy atom. The minimum atomic E-state index is -3.44. The number of aromatic nitrogens is 2. The van der Waals surface area contributed by atoms with Gasteiger partial charge < -0.3 is 19.3 Å². The van der Waals surface area contributed by atoms with E-state index in [9.17, 15) is 8.42 Å². The molecule has 10 nitrogen and oxygen atoms in total. The second kappa shape index (κ2) is 10.9. The molecule has 0 radical (unpaired) electrons. The van der Waals surface area contributed by atoms with E-state index < -0.39 is 10.0 Å². The van der Waals surface area contributed by atoms with E-state index in [0.29, 0.717) is 50.1 Å². The van der Waals surface area contributed by atoms with Crippen molar-refractivity contribution in [1.82, 2.24) is 24.8 Å². The molecule has 1 aliphatic heterocycles. The van der Waals surface area contributed by atoms with E-state index >= 15 is 0 Å². The van der Waals surface area contributed by atoms with Crippen LogP contribution in [-0.2, 0) is 22.3 Å². The molecule has 0 unspecified atom stereocenters. The molecular weight excluding hydrogens is 547 g/mol. The van der Waals surface area contributed by atoms with E-state index in [4.69, 9.17) is 9.05 Å². The summed E-state index contributed by atoms with van der Waals surface area (Å²) in [6.07, 6.45) is 1.37. The van der Waals surface area contributed by atoms with Crippen LogP contribution in [0.1, 0.15) is 11.4 Å². The van der Waals surface area contributed by atoms with Crippen LogP contribution in [0.4, 0.5) is 0 Å². The largest absolute Gasteiger partial charge is 0.364 e. The molecule has 3 heterocycles. The summed E-state index contributed by atoms with van der Waals surface area (Å²) in [5.41, 5.74) is 2.13. The molecule has 32 heavy (non-hydrogen) atoms. The van der Waals surface area contributed by atoms with E-state index in [1.807, 2.05) is 41.3 Å². The number of hydrogen-bond acceptors (Lipinski definition) is 7. The summed E-state index contributed by atoms with van der Waals surface area (Å²) in [6.45, 7) is 2.28. The lowest BCUT2D eigenvalue weighted by Gasteiger charge is -2.35. The quantitative estimate of drug-likeness (QED) is 0.272. The van der Waals surface area contributed by atoms with Gasteiger partial charge in [-0.1, -0.05) is 40.6 Å². The first kappa shape index (κ1) is 24.2. The predicted octanol–water partition coefficient (Wildman–Crippen LogP) is 2.17. The van der Waals surface area contributed by atoms with Crippen molar-refractivity contribution in [2.24, 2.45) is 4.99 Å². The van der Waals surface area contributed by atoms with Crippen LogP contribution in [0.15, 0.2) is 62.8 Å². The molecule has 0 aliphatic carbocycles. The van der Waals surface area contributed by atoms with Gasteiger partial charge in [0.2, 0.25) is 10.0 Å². The maximum Gasteiger partial charge on any atom is 0.220 e. The first-order valence-electron chi connectivity index (χ1n) is 9.89. The van der Waals surface area contributed by atoms with Crippen LogP contribution < -0.4 is 5.32 Å². The number of aliphatic imine (C=N–C) groups is 1. The van der Waals surface area contributed by atoms with Crippen LogP contribution in [0.2, 0.25) is 0 Å². The maximum absolute atomic E-state index is 12.6. The van der Waals surface area contributed by atoms with Gasteiger partial charge in [0.25, 0.3) is 0 Å². The number of guanidine groups is 1. The molecule has 1 N–H and O–H groups in total. The fraction of sp³-hybridized carbons (Fsp3) is 0.350. The molecule has 2 aromatic heterocycles. The van der Waals surface area contributed by atoms with Gasteiger partial charge in [0, 0.05) is 50.9 Å². The van der Waals surface area contributed by atoms with Crippen molar-refractivity contribution in [2.45, 2.75) is 12.3 Å². The Morgan fingerprint density at radius 1 is 1.09 bits per heavy atom. The number of nitrogens with zero attached hydrogens (tertiary/aromatic N) is 5. The molecule has 1 aromatic carbocycles. The highest BCUT2D eigenvalue weighted by Gasteiger charge is 2.29. The number of benzene rings is 1. The minimum Gasteiger partial charge on any atom is -0.364 e. The molecule has 1 aliphatic rings. The first-order chi connectivity index (χ1) is 15.0. The highest BCUT2D eigenvalue weighted by molar-refractivity contribution is 14.0. The second-order valence-electron chi connectivity index (χ2n) is 7.08. The van der Waals surface area contributed by atoms with Crippen LogP contribution >= 0.6 is 24.0 Å². The average molecular weight is 572 g/mol. The van der Waals surface area contributed by atoms with E-state index in [1.165, 1.54) is 10.6 Å². The smallest absolute Gasteiger partial charge is 0.220 e.